The van der Waals surface area contributed by atoms with Crippen LogP contribution in [0.1, 0.15) is 25.2 Å². The number of phenolic OH excluding ortho intramolecular Hbond substituents is 1. The summed E-state index contributed by atoms with van der Waals surface area (Å²) < 4.78 is 33.1. The fraction of sp³-hybridized carbons (Fsp3) is 0.375. The number of halogens is 2. The number of nitrogens with one attached hydrogen (secondary N) is 1. The maximum absolute atomic E-state index is 14.6. The number of fused-ring (bicyclic) bond motifs is 2. The fourth-order valence-electron chi connectivity index (χ4n) is 4.77. The van der Waals surface area contributed by atoms with Crippen molar-refractivity contribution in [3.05, 3.63) is 42.0 Å². The van der Waals surface area contributed by atoms with Crippen molar-refractivity contribution >= 4 is 28.0 Å². The third-order valence-corrected chi connectivity index (χ3v) is 6.57. The van der Waals surface area contributed by atoms with Crippen LogP contribution < -0.4 is 10.2 Å². The van der Waals surface area contributed by atoms with Gasteiger partial charge in [0.25, 0.3) is 0 Å². The number of hydrogen-bond acceptors (Lipinski definition) is 7. The Hall–Kier alpha value is -3.33. The molecule has 2 fully saturated rings. The molecule has 0 unspecified atom stereocenters. The van der Waals surface area contributed by atoms with Gasteiger partial charge >= 0.3 is 0 Å². The average Bonchev–Trinajstić information content (AvgIpc) is 3.41. The molecule has 0 bridgehead atoms. The zero-order valence-corrected chi connectivity index (χ0v) is 18.1. The zero-order chi connectivity index (χ0) is 22.7. The molecule has 1 atom stereocenters. The molecule has 7 nitrogen and oxygen atoms in total. The number of pyridine rings is 2. The molecule has 33 heavy (non-hydrogen) atoms. The predicted molar refractivity (Wildman–Crippen MR) is 121 cm³/mol. The Morgan fingerprint density at radius 3 is 2.70 bits per heavy atom. The number of anilines is 1. The Labute approximate surface area is 188 Å². The van der Waals surface area contributed by atoms with E-state index in [2.05, 4.69) is 20.2 Å². The number of hydrogen-bond donors (Lipinski definition) is 2. The lowest BCUT2D eigenvalue weighted by Gasteiger charge is -2.33. The second-order valence-corrected chi connectivity index (χ2v) is 8.93. The maximum Gasteiger partial charge on any atom is 0.195 e. The number of aryl methyl sites for hydroxylation is 1. The van der Waals surface area contributed by atoms with Gasteiger partial charge in [-0.15, -0.1) is 0 Å². The third kappa shape index (κ3) is 3.56. The van der Waals surface area contributed by atoms with Gasteiger partial charge in [-0.3, -0.25) is 0 Å². The molecule has 6 rings (SSSR count). The number of aromatic nitrogens is 3. The van der Waals surface area contributed by atoms with Gasteiger partial charge in [0, 0.05) is 37.7 Å². The smallest absolute Gasteiger partial charge is 0.195 e. The van der Waals surface area contributed by atoms with Gasteiger partial charge in [-0.25, -0.2) is 23.7 Å². The SMILES string of the molecule is Cc1nc2c(F)c(O)c(-c3ccc4nc(N5CC[C@H](NC6CC(F)C6)C5)ccc4n3)cc2o1. The molecule has 2 N–H and O–H groups in total. The summed E-state index contributed by atoms with van der Waals surface area (Å²) in [7, 11) is 0. The van der Waals surface area contributed by atoms with Gasteiger partial charge in [0.2, 0.25) is 0 Å². The van der Waals surface area contributed by atoms with E-state index in [0.717, 1.165) is 25.3 Å². The molecule has 9 heteroatoms. The first kappa shape index (κ1) is 20.3. The van der Waals surface area contributed by atoms with E-state index in [9.17, 15) is 13.9 Å². The summed E-state index contributed by atoms with van der Waals surface area (Å²) in [5.74, 6) is -0.141. The van der Waals surface area contributed by atoms with Crippen molar-refractivity contribution in [1.82, 2.24) is 20.3 Å². The molecule has 1 aliphatic heterocycles. The highest BCUT2D eigenvalue weighted by Gasteiger charge is 2.33. The van der Waals surface area contributed by atoms with Crippen molar-refractivity contribution in [2.75, 3.05) is 18.0 Å². The van der Waals surface area contributed by atoms with E-state index in [1.807, 2.05) is 18.2 Å². The van der Waals surface area contributed by atoms with Crippen LogP contribution in [-0.2, 0) is 0 Å². The lowest BCUT2D eigenvalue weighted by molar-refractivity contribution is 0.148. The van der Waals surface area contributed by atoms with Gasteiger partial charge in [0.1, 0.15) is 17.5 Å². The standard InChI is InChI=1S/C24H23F2N5O2/c1-12-27-23-20(33-12)10-16(24(32)22(23)26)17-2-3-19-18(29-17)4-5-21(30-19)31-7-6-14(11-31)28-15-8-13(25)9-15/h2-5,10,13-15,28,32H,6-9,11H2,1H3/t13?,14-,15?/m0/s1. The minimum absolute atomic E-state index is 0.000995. The number of benzene rings is 1. The number of oxazole rings is 1. The normalized spacial score (nSPS) is 22.9. The van der Waals surface area contributed by atoms with Crippen LogP contribution in [0.4, 0.5) is 14.6 Å². The molecule has 1 saturated carbocycles. The molecule has 170 valence electrons. The van der Waals surface area contributed by atoms with E-state index >= 15 is 0 Å². The van der Waals surface area contributed by atoms with Crippen LogP contribution in [0, 0.1) is 12.7 Å². The van der Waals surface area contributed by atoms with Crippen molar-refractivity contribution in [2.24, 2.45) is 0 Å². The van der Waals surface area contributed by atoms with Crippen molar-refractivity contribution in [2.45, 2.75) is 44.4 Å². The number of aromatic hydroxyl groups is 1. The first-order valence-corrected chi connectivity index (χ1v) is 11.2. The lowest BCUT2D eigenvalue weighted by atomic mass is 9.90. The largest absolute Gasteiger partial charge is 0.504 e. The summed E-state index contributed by atoms with van der Waals surface area (Å²) in [6, 6.07) is 9.51. The van der Waals surface area contributed by atoms with Gasteiger partial charge in [-0.2, -0.15) is 0 Å². The van der Waals surface area contributed by atoms with Gasteiger partial charge < -0.3 is 19.7 Å². The van der Waals surface area contributed by atoms with Gasteiger partial charge in [-0.05, 0) is 49.6 Å². The summed E-state index contributed by atoms with van der Waals surface area (Å²) in [5.41, 5.74) is 2.27. The minimum Gasteiger partial charge on any atom is -0.504 e. The number of alkyl halides is 1. The van der Waals surface area contributed by atoms with Crippen LogP contribution in [0.2, 0.25) is 0 Å². The van der Waals surface area contributed by atoms with Crippen LogP contribution in [0.5, 0.6) is 5.75 Å². The van der Waals surface area contributed by atoms with E-state index in [1.165, 1.54) is 0 Å². The molecule has 1 saturated heterocycles. The molecule has 4 heterocycles. The van der Waals surface area contributed by atoms with E-state index in [-0.39, 0.29) is 16.7 Å². The van der Waals surface area contributed by atoms with Crippen LogP contribution in [0.25, 0.3) is 33.4 Å². The number of phenols is 1. The van der Waals surface area contributed by atoms with Crippen LogP contribution in [0.15, 0.2) is 34.7 Å². The topological polar surface area (TPSA) is 87.3 Å². The molecule has 2 aliphatic rings. The van der Waals surface area contributed by atoms with Crippen molar-refractivity contribution in [3.63, 3.8) is 0 Å². The van der Waals surface area contributed by atoms with Crippen LogP contribution in [0.3, 0.4) is 0 Å². The molecule has 3 aromatic heterocycles. The van der Waals surface area contributed by atoms with Crippen LogP contribution >= 0.6 is 0 Å². The average molecular weight is 451 g/mol. The summed E-state index contributed by atoms with van der Waals surface area (Å²) >= 11 is 0. The Bertz CT molecular complexity index is 1370. The molecule has 0 spiro atoms. The van der Waals surface area contributed by atoms with Gasteiger partial charge in [0.05, 0.1) is 16.7 Å². The van der Waals surface area contributed by atoms with Crippen LogP contribution in [-0.4, -0.2) is 51.4 Å². The monoisotopic (exact) mass is 451 g/mol. The molecular formula is C24H23F2N5O2. The molecule has 1 aromatic carbocycles. The summed E-state index contributed by atoms with van der Waals surface area (Å²) in [4.78, 5) is 15.5. The van der Waals surface area contributed by atoms with Crippen molar-refractivity contribution in [1.29, 1.82) is 0 Å². The molecule has 4 aromatic rings. The van der Waals surface area contributed by atoms with E-state index < -0.39 is 17.7 Å². The number of rotatable bonds is 4. The second-order valence-electron chi connectivity index (χ2n) is 8.93. The van der Waals surface area contributed by atoms with E-state index in [1.54, 1.807) is 19.1 Å². The maximum atomic E-state index is 14.6. The van der Waals surface area contributed by atoms with E-state index in [4.69, 9.17) is 9.40 Å². The second kappa shape index (κ2) is 7.62. The summed E-state index contributed by atoms with van der Waals surface area (Å²) in [5, 5.41) is 13.9. The molecule has 1 aliphatic carbocycles. The van der Waals surface area contributed by atoms with Gasteiger partial charge in [-0.1, -0.05) is 0 Å². The quantitative estimate of drug-likeness (QED) is 0.479. The first-order chi connectivity index (χ1) is 15.9. The molecule has 0 radical (unpaired) electrons. The lowest BCUT2D eigenvalue weighted by Crippen LogP contribution is -2.48. The predicted octanol–water partition coefficient (Wildman–Crippen LogP) is 4.26. The highest BCUT2D eigenvalue weighted by Crippen LogP contribution is 2.36. The Morgan fingerprint density at radius 1 is 1.09 bits per heavy atom. The molecule has 0 amide bonds. The first-order valence-electron chi connectivity index (χ1n) is 11.2. The fourth-order valence-corrected chi connectivity index (χ4v) is 4.77. The van der Waals surface area contributed by atoms with Crippen molar-refractivity contribution in [3.8, 4) is 17.0 Å². The Balaban J connectivity index is 1.26. The van der Waals surface area contributed by atoms with E-state index in [0.29, 0.717) is 47.5 Å². The Morgan fingerprint density at radius 2 is 1.88 bits per heavy atom. The Kier molecular flexibility index (Phi) is 4.69. The third-order valence-electron chi connectivity index (χ3n) is 6.57. The number of nitrogens with zero attached hydrogens (tertiary/aromatic N) is 4. The highest BCUT2D eigenvalue weighted by molar-refractivity contribution is 5.87. The highest BCUT2D eigenvalue weighted by atomic mass is 19.1. The zero-order valence-electron chi connectivity index (χ0n) is 18.1. The summed E-state index contributed by atoms with van der Waals surface area (Å²) in [6.45, 7) is 3.34. The summed E-state index contributed by atoms with van der Waals surface area (Å²) in [6.07, 6.45) is 1.57. The molecular weight excluding hydrogens is 428 g/mol. The minimum atomic E-state index is -0.823. The van der Waals surface area contributed by atoms with Crippen molar-refractivity contribution < 1.29 is 18.3 Å². The van der Waals surface area contributed by atoms with Gasteiger partial charge in [0.15, 0.2) is 23.0 Å².